The molecule has 1 amide bonds. The van der Waals surface area contributed by atoms with Crippen molar-refractivity contribution in [2.24, 2.45) is 5.18 Å². The van der Waals surface area contributed by atoms with Gasteiger partial charge in [-0.15, -0.1) is 4.91 Å². The maximum absolute atomic E-state index is 13.1. The molecule has 1 N–H and O–H groups in total. The predicted octanol–water partition coefficient (Wildman–Crippen LogP) is 5.30. The lowest BCUT2D eigenvalue weighted by atomic mass is 10.0. The molecular weight excluding hydrogens is 459 g/mol. The summed E-state index contributed by atoms with van der Waals surface area (Å²) >= 11 is 5.97. The van der Waals surface area contributed by atoms with E-state index in [2.05, 4.69) is 15.4 Å². The first-order valence-electron chi connectivity index (χ1n) is 11.7. The molecule has 2 heterocycles. The van der Waals surface area contributed by atoms with Crippen molar-refractivity contribution in [3.8, 4) is 0 Å². The molecule has 2 saturated heterocycles. The number of carbonyl (C=O) groups excluding carboxylic acids is 1. The number of halogens is 2. The van der Waals surface area contributed by atoms with Crippen LogP contribution in [0.25, 0.3) is 0 Å². The highest BCUT2D eigenvalue weighted by Gasteiger charge is 2.25. The standard InChI is InChI=1S/C25H30ClFN4O3/c26-19-1-4-22(5-2-19)30-13-9-23(10-14-30)34-17-25(32)31-11-7-20(8-12-31)28-21-3-6-24(29-33)18(15-21)16-27/h1-6,15,20,23,28H,7-14,16-17H2. The van der Waals surface area contributed by atoms with Gasteiger partial charge in [0.15, 0.2) is 0 Å². The minimum Gasteiger partial charge on any atom is -0.382 e. The van der Waals surface area contributed by atoms with E-state index in [0.717, 1.165) is 55.2 Å². The number of amides is 1. The number of likely N-dealkylation sites (tertiary alicyclic amines) is 1. The first-order chi connectivity index (χ1) is 16.6. The molecule has 2 fully saturated rings. The van der Waals surface area contributed by atoms with E-state index in [-0.39, 0.29) is 35.9 Å². The predicted molar refractivity (Wildman–Crippen MR) is 133 cm³/mol. The summed E-state index contributed by atoms with van der Waals surface area (Å²) in [5.41, 5.74) is 2.33. The van der Waals surface area contributed by atoms with Crippen molar-refractivity contribution in [2.45, 2.75) is 44.5 Å². The summed E-state index contributed by atoms with van der Waals surface area (Å²) in [6.07, 6.45) is 3.47. The molecule has 0 aliphatic carbocycles. The number of ether oxygens (including phenoxy) is 1. The highest BCUT2D eigenvalue weighted by atomic mass is 35.5. The van der Waals surface area contributed by atoms with E-state index in [4.69, 9.17) is 16.3 Å². The summed E-state index contributed by atoms with van der Waals surface area (Å²) < 4.78 is 19.0. The highest BCUT2D eigenvalue weighted by molar-refractivity contribution is 6.30. The summed E-state index contributed by atoms with van der Waals surface area (Å²) in [6.45, 7) is 2.47. The summed E-state index contributed by atoms with van der Waals surface area (Å²) in [5, 5.41) is 6.96. The van der Waals surface area contributed by atoms with E-state index in [1.54, 1.807) is 12.1 Å². The molecule has 0 unspecified atom stereocenters. The smallest absolute Gasteiger partial charge is 0.248 e. The van der Waals surface area contributed by atoms with Gasteiger partial charge in [0, 0.05) is 54.2 Å². The van der Waals surface area contributed by atoms with Gasteiger partial charge in [0.2, 0.25) is 5.91 Å². The Labute approximate surface area is 204 Å². The average Bonchev–Trinajstić information content (AvgIpc) is 2.88. The Kier molecular flexibility index (Phi) is 8.34. The van der Waals surface area contributed by atoms with Gasteiger partial charge in [0.25, 0.3) is 0 Å². The zero-order valence-corrected chi connectivity index (χ0v) is 19.8. The van der Waals surface area contributed by atoms with E-state index in [9.17, 15) is 14.1 Å². The topological polar surface area (TPSA) is 74.2 Å². The Morgan fingerprint density at radius 2 is 1.76 bits per heavy atom. The Balaban J connectivity index is 1.17. The molecule has 0 bridgehead atoms. The summed E-state index contributed by atoms with van der Waals surface area (Å²) in [4.78, 5) is 27.6. The van der Waals surface area contributed by atoms with Crippen LogP contribution in [-0.2, 0) is 16.2 Å². The lowest BCUT2D eigenvalue weighted by Crippen LogP contribution is -2.45. The Bertz CT molecular complexity index is 975. The van der Waals surface area contributed by atoms with Crippen LogP contribution in [0.4, 0.5) is 21.5 Å². The number of nitroso groups, excluding NO2 is 1. The summed E-state index contributed by atoms with van der Waals surface area (Å²) in [5.74, 6) is 0.0275. The van der Waals surface area contributed by atoms with Gasteiger partial charge < -0.3 is 19.9 Å². The third kappa shape index (κ3) is 6.24. The Morgan fingerprint density at radius 1 is 1.06 bits per heavy atom. The van der Waals surface area contributed by atoms with Crippen LogP contribution in [-0.4, -0.2) is 55.7 Å². The SMILES string of the molecule is O=Nc1ccc(NC2CCN(C(=O)COC3CCN(c4ccc(Cl)cc4)CC3)CC2)cc1CF. The molecule has 0 radical (unpaired) electrons. The van der Waals surface area contributed by atoms with E-state index in [0.29, 0.717) is 13.1 Å². The van der Waals surface area contributed by atoms with Crippen LogP contribution >= 0.6 is 11.6 Å². The number of alkyl halides is 1. The van der Waals surface area contributed by atoms with Crippen LogP contribution < -0.4 is 10.2 Å². The zero-order chi connectivity index (χ0) is 23.9. The molecule has 2 aliphatic rings. The van der Waals surface area contributed by atoms with Crippen molar-refractivity contribution in [1.82, 2.24) is 4.90 Å². The van der Waals surface area contributed by atoms with Crippen molar-refractivity contribution in [2.75, 3.05) is 43.0 Å². The van der Waals surface area contributed by atoms with Gasteiger partial charge in [0.1, 0.15) is 19.0 Å². The fourth-order valence-corrected chi connectivity index (χ4v) is 4.72. The number of piperidine rings is 2. The van der Waals surface area contributed by atoms with Crippen LogP contribution in [0.3, 0.4) is 0 Å². The normalized spacial score (nSPS) is 17.6. The number of hydrogen-bond donors (Lipinski definition) is 1. The lowest BCUT2D eigenvalue weighted by Gasteiger charge is -2.35. The number of nitrogens with zero attached hydrogens (tertiary/aromatic N) is 3. The van der Waals surface area contributed by atoms with Gasteiger partial charge >= 0.3 is 0 Å². The maximum atomic E-state index is 13.1. The van der Waals surface area contributed by atoms with Gasteiger partial charge in [-0.2, -0.15) is 0 Å². The number of hydrogen-bond acceptors (Lipinski definition) is 6. The van der Waals surface area contributed by atoms with Gasteiger partial charge in [-0.3, -0.25) is 4.79 Å². The molecule has 2 aliphatic heterocycles. The lowest BCUT2D eigenvalue weighted by molar-refractivity contribution is -0.139. The van der Waals surface area contributed by atoms with E-state index in [1.807, 2.05) is 29.2 Å². The first-order valence-corrected chi connectivity index (χ1v) is 12.1. The van der Waals surface area contributed by atoms with Crippen LogP contribution in [0.15, 0.2) is 47.6 Å². The molecule has 9 heteroatoms. The van der Waals surface area contributed by atoms with Crippen molar-refractivity contribution >= 4 is 34.6 Å². The largest absolute Gasteiger partial charge is 0.382 e. The van der Waals surface area contributed by atoms with Crippen molar-refractivity contribution in [1.29, 1.82) is 0 Å². The molecular formula is C25H30ClFN4O3. The molecule has 0 spiro atoms. The number of rotatable bonds is 8. The van der Waals surface area contributed by atoms with Crippen LogP contribution in [0.1, 0.15) is 31.2 Å². The van der Waals surface area contributed by atoms with Crippen molar-refractivity contribution in [3.63, 3.8) is 0 Å². The quantitative estimate of drug-likeness (QED) is 0.510. The van der Waals surface area contributed by atoms with Crippen LogP contribution in [0.5, 0.6) is 0 Å². The maximum Gasteiger partial charge on any atom is 0.248 e. The molecule has 0 saturated carbocycles. The second-order valence-electron chi connectivity index (χ2n) is 8.84. The monoisotopic (exact) mass is 488 g/mol. The van der Waals surface area contributed by atoms with Gasteiger partial charge in [-0.25, -0.2) is 4.39 Å². The number of benzene rings is 2. The van der Waals surface area contributed by atoms with Crippen molar-refractivity contribution < 1.29 is 13.9 Å². The molecule has 7 nitrogen and oxygen atoms in total. The van der Waals surface area contributed by atoms with Gasteiger partial charge in [-0.1, -0.05) is 11.6 Å². The number of anilines is 2. The van der Waals surface area contributed by atoms with E-state index < -0.39 is 6.67 Å². The van der Waals surface area contributed by atoms with Crippen molar-refractivity contribution in [3.05, 3.63) is 58.0 Å². The number of nitrogens with one attached hydrogen (secondary N) is 1. The van der Waals surface area contributed by atoms with Crippen LogP contribution in [0, 0.1) is 4.91 Å². The molecule has 4 rings (SSSR count). The van der Waals surface area contributed by atoms with Gasteiger partial charge in [-0.05, 0) is 73.3 Å². The number of carbonyl (C=O) groups is 1. The molecule has 2 aromatic rings. The molecule has 0 aromatic heterocycles. The molecule has 34 heavy (non-hydrogen) atoms. The highest BCUT2D eigenvalue weighted by Crippen LogP contribution is 2.26. The minimum atomic E-state index is -0.732. The first kappa shape index (κ1) is 24.4. The second kappa shape index (κ2) is 11.6. The van der Waals surface area contributed by atoms with E-state index >= 15 is 0 Å². The second-order valence-corrected chi connectivity index (χ2v) is 9.28. The molecule has 182 valence electrons. The fourth-order valence-electron chi connectivity index (χ4n) is 4.59. The van der Waals surface area contributed by atoms with E-state index in [1.165, 1.54) is 6.07 Å². The third-order valence-electron chi connectivity index (χ3n) is 6.62. The minimum absolute atomic E-state index is 0.0275. The summed E-state index contributed by atoms with van der Waals surface area (Å²) in [7, 11) is 0. The van der Waals surface area contributed by atoms with Gasteiger partial charge in [0.05, 0.1) is 6.10 Å². The Morgan fingerprint density at radius 3 is 2.41 bits per heavy atom. The molecule has 0 atom stereocenters. The average molecular weight is 489 g/mol. The summed E-state index contributed by atoms with van der Waals surface area (Å²) in [6, 6.07) is 12.9. The van der Waals surface area contributed by atoms with Crippen LogP contribution in [0.2, 0.25) is 5.02 Å². The fraction of sp³-hybridized carbons (Fsp3) is 0.480. The Hall–Kier alpha value is -2.71. The third-order valence-corrected chi connectivity index (χ3v) is 6.87. The zero-order valence-electron chi connectivity index (χ0n) is 19.1. The molecule has 2 aromatic carbocycles.